The smallest absolute Gasteiger partial charge is 0.332 e. The van der Waals surface area contributed by atoms with Gasteiger partial charge in [-0.1, -0.05) is 0 Å². The van der Waals surface area contributed by atoms with E-state index in [2.05, 4.69) is 10.3 Å². The van der Waals surface area contributed by atoms with Gasteiger partial charge < -0.3 is 15.0 Å². The predicted octanol–water partition coefficient (Wildman–Crippen LogP) is -1.68. The Bertz CT molecular complexity index is 842. The lowest BCUT2D eigenvalue weighted by atomic mass is 10.1. The molecular weight excluding hydrogens is 290 g/mol. The molecule has 0 bridgehead atoms. The van der Waals surface area contributed by atoms with Gasteiger partial charge in [-0.3, -0.25) is 18.7 Å². The van der Waals surface area contributed by atoms with Gasteiger partial charge in [0.1, 0.15) is 6.54 Å². The number of nitrogens with one attached hydrogen (secondary N) is 1. The van der Waals surface area contributed by atoms with Crippen LogP contribution in [-0.4, -0.2) is 41.8 Å². The van der Waals surface area contributed by atoms with Gasteiger partial charge in [-0.05, 0) is 13.8 Å². The van der Waals surface area contributed by atoms with Gasteiger partial charge in [0, 0.05) is 14.1 Å². The maximum atomic E-state index is 12.2. The highest BCUT2D eigenvalue weighted by atomic mass is 16.3. The molecule has 1 amide bonds. The first-order chi connectivity index (χ1) is 10.2. The second-order valence-corrected chi connectivity index (χ2v) is 5.84. The maximum absolute atomic E-state index is 12.2. The van der Waals surface area contributed by atoms with E-state index in [0.29, 0.717) is 0 Å². The van der Waals surface area contributed by atoms with E-state index in [1.807, 2.05) is 0 Å². The molecule has 0 saturated heterocycles. The zero-order chi connectivity index (χ0) is 16.7. The minimum Gasteiger partial charge on any atom is -0.394 e. The first kappa shape index (κ1) is 16.0. The Balaban J connectivity index is 2.45. The molecular formula is C13H19N5O4. The number of aryl methyl sites for hydroxylation is 1. The zero-order valence-electron chi connectivity index (χ0n) is 13.0. The number of nitrogens with zero attached hydrogens (tertiary/aromatic N) is 4. The van der Waals surface area contributed by atoms with Crippen LogP contribution < -0.4 is 16.6 Å². The molecule has 0 aliphatic heterocycles. The van der Waals surface area contributed by atoms with Crippen molar-refractivity contribution in [1.82, 2.24) is 24.0 Å². The molecule has 0 aliphatic rings. The lowest BCUT2D eigenvalue weighted by Crippen LogP contribution is -2.47. The van der Waals surface area contributed by atoms with E-state index in [0.717, 1.165) is 4.57 Å². The van der Waals surface area contributed by atoms with Crippen LogP contribution in [0.4, 0.5) is 0 Å². The zero-order valence-corrected chi connectivity index (χ0v) is 13.0. The van der Waals surface area contributed by atoms with Crippen molar-refractivity contribution in [3.8, 4) is 0 Å². The lowest BCUT2D eigenvalue weighted by Gasteiger charge is -2.23. The van der Waals surface area contributed by atoms with Crippen molar-refractivity contribution in [1.29, 1.82) is 0 Å². The minimum absolute atomic E-state index is 0.132. The van der Waals surface area contributed by atoms with Crippen molar-refractivity contribution in [2.24, 2.45) is 14.1 Å². The Morgan fingerprint density at radius 3 is 2.55 bits per heavy atom. The Morgan fingerprint density at radius 2 is 1.95 bits per heavy atom. The molecule has 9 heteroatoms. The molecule has 0 aliphatic carbocycles. The van der Waals surface area contributed by atoms with E-state index in [9.17, 15) is 14.4 Å². The van der Waals surface area contributed by atoms with E-state index in [1.54, 1.807) is 13.8 Å². The average molecular weight is 309 g/mol. The second kappa shape index (κ2) is 5.41. The number of imidazole rings is 1. The molecule has 2 N–H and O–H groups in total. The van der Waals surface area contributed by atoms with Crippen LogP contribution >= 0.6 is 0 Å². The largest absolute Gasteiger partial charge is 0.394 e. The van der Waals surface area contributed by atoms with Gasteiger partial charge >= 0.3 is 5.69 Å². The van der Waals surface area contributed by atoms with Gasteiger partial charge in [0.25, 0.3) is 5.56 Å². The number of aromatic nitrogens is 4. The van der Waals surface area contributed by atoms with E-state index in [4.69, 9.17) is 5.11 Å². The van der Waals surface area contributed by atoms with Gasteiger partial charge in [0.15, 0.2) is 11.2 Å². The molecule has 2 aromatic heterocycles. The lowest BCUT2D eigenvalue weighted by molar-refractivity contribution is -0.123. The third-order valence-electron chi connectivity index (χ3n) is 3.40. The number of amides is 1. The van der Waals surface area contributed by atoms with Crippen LogP contribution in [0.15, 0.2) is 15.9 Å². The molecule has 2 rings (SSSR count). The molecule has 0 unspecified atom stereocenters. The molecule has 0 saturated carbocycles. The molecule has 22 heavy (non-hydrogen) atoms. The molecule has 0 aromatic carbocycles. The molecule has 120 valence electrons. The number of hydrogen-bond acceptors (Lipinski definition) is 5. The minimum atomic E-state index is -0.759. The highest BCUT2D eigenvalue weighted by Gasteiger charge is 2.21. The summed E-state index contributed by atoms with van der Waals surface area (Å²) in [5.74, 6) is -0.366. The van der Waals surface area contributed by atoms with E-state index in [-0.39, 0.29) is 30.2 Å². The highest BCUT2D eigenvalue weighted by molar-refractivity contribution is 5.79. The SMILES string of the molecule is Cn1c(=O)c2c(ncn2CC(=O)NC(C)(C)CO)n(C)c1=O. The number of rotatable bonds is 4. The molecule has 0 atom stereocenters. The Hall–Kier alpha value is -2.42. The van der Waals surface area contributed by atoms with Crippen molar-refractivity contribution < 1.29 is 9.90 Å². The normalized spacial score (nSPS) is 11.9. The number of carbonyl (C=O) groups is 1. The summed E-state index contributed by atoms with van der Waals surface area (Å²) in [6.45, 7) is 3.02. The first-order valence-corrected chi connectivity index (χ1v) is 6.70. The number of carbonyl (C=O) groups excluding carboxylic acids is 1. The molecule has 9 nitrogen and oxygen atoms in total. The van der Waals surface area contributed by atoms with E-state index < -0.39 is 16.8 Å². The third-order valence-corrected chi connectivity index (χ3v) is 3.40. The standard InChI is InChI=1S/C13H19N5O4/c1-13(2,6-19)15-8(20)5-18-7-14-10-9(18)11(21)17(4)12(22)16(10)3/h7,19H,5-6H2,1-4H3,(H,15,20). The van der Waals surface area contributed by atoms with Crippen LogP contribution in [0, 0.1) is 0 Å². The first-order valence-electron chi connectivity index (χ1n) is 6.70. The van der Waals surface area contributed by atoms with Crippen LogP contribution in [0.1, 0.15) is 13.8 Å². The molecule has 2 heterocycles. The van der Waals surface area contributed by atoms with Crippen LogP contribution in [0.2, 0.25) is 0 Å². The Morgan fingerprint density at radius 1 is 1.32 bits per heavy atom. The van der Waals surface area contributed by atoms with Crippen molar-refractivity contribution in [3.05, 3.63) is 27.2 Å². The van der Waals surface area contributed by atoms with Crippen LogP contribution in [-0.2, 0) is 25.4 Å². The van der Waals surface area contributed by atoms with E-state index >= 15 is 0 Å². The Labute approximate surface area is 125 Å². The summed E-state index contributed by atoms with van der Waals surface area (Å²) in [5.41, 5.74) is -1.34. The quantitative estimate of drug-likeness (QED) is 0.701. The number of aliphatic hydroxyl groups excluding tert-OH is 1. The monoisotopic (exact) mass is 309 g/mol. The predicted molar refractivity (Wildman–Crippen MR) is 79.5 cm³/mol. The average Bonchev–Trinajstić information content (AvgIpc) is 2.85. The number of aliphatic hydroxyl groups is 1. The number of fused-ring (bicyclic) bond motifs is 1. The molecule has 2 aromatic rings. The van der Waals surface area contributed by atoms with Gasteiger partial charge in [-0.15, -0.1) is 0 Å². The van der Waals surface area contributed by atoms with Gasteiger partial charge in [0.2, 0.25) is 5.91 Å². The third kappa shape index (κ3) is 2.67. The van der Waals surface area contributed by atoms with Crippen LogP contribution in [0.3, 0.4) is 0 Å². The molecule has 0 radical (unpaired) electrons. The summed E-state index contributed by atoms with van der Waals surface area (Å²) in [5, 5.41) is 11.8. The maximum Gasteiger partial charge on any atom is 0.332 e. The summed E-state index contributed by atoms with van der Waals surface area (Å²) in [7, 11) is 2.88. The highest BCUT2D eigenvalue weighted by Crippen LogP contribution is 2.06. The topological polar surface area (TPSA) is 111 Å². The van der Waals surface area contributed by atoms with Crippen LogP contribution in [0.5, 0.6) is 0 Å². The summed E-state index contributed by atoms with van der Waals surface area (Å²) in [6, 6.07) is 0. The fourth-order valence-electron chi connectivity index (χ4n) is 2.13. The van der Waals surface area contributed by atoms with Gasteiger partial charge in [-0.25, -0.2) is 9.78 Å². The molecule has 0 fully saturated rings. The molecule has 0 spiro atoms. The van der Waals surface area contributed by atoms with Crippen molar-refractivity contribution >= 4 is 17.1 Å². The van der Waals surface area contributed by atoms with Gasteiger partial charge in [-0.2, -0.15) is 0 Å². The fourth-order valence-corrected chi connectivity index (χ4v) is 2.13. The fraction of sp³-hybridized carbons (Fsp3) is 0.538. The van der Waals surface area contributed by atoms with Crippen molar-refractivity contribution in [2.75, 3.05) is 6.61 Å². The second-order valence-electron chi connectivity index (χ2n) is 5.84. The van der Waals surface area contributed by atoms with Crippen molar-refractivity contribution in [2.45, 2.75) is 25.9 Å². The van der Waals surface area contributed by atoms with Crippen LogP contribution in [0.25, 0.3) is 11.2 Å². The Kier molecular flexibility index (Phi) is 3.92. The van der Waals surface area contributed by atoms with Crippen molar-refractivity contribution in [3.63, 3.8) is 0 Å². The number of hydrogen-bond donors (Lipinski definition) is 2. The summed E-state index contributed by atoms with van der Waals surface area (Å²) < 4.78 is 3.61. The van der Waals surface area contributed by atoms with E-state index in [1.165, 1.54) is 29.6 Å². The summed E-state index contributed by atoms with van der Waals surface area (Å²) >= 11 is 0. The van der Waals surface area contributed by atoms with Gasteiger partial charge in [0.05, 0.1) is 18.5 Å². The summed E-state index contributed by atoms with van der Waals surface area (Å²) in [4.78, 5) is 40.1. The summed E-state index contributed by atoms with van der Waals surface area (Å²) in [6.07, 6.45) is 1.34.